The highest BCUT2D eigenvalue weighted by Gasteiger charge is 2.31. The lowest BCUT2D eigenvalue weighted by Crippen LogP contribution is -2.45. The van der Waals surface area contributed by atoms with Crippen LogP contribution in [0.3, 0.4) is 0 Å². The molecule has 0 aliphatic carbocycles. The number of sulfone groups is 1. The Morgan fingerprint density at radius 2 is 1.90 bits per heavy atom. The van der Waals surface area contributed by atoms with E-state index in [0.717, 1.165) is 25.8 Å². The van der Waals surface area contributed by atoms with E-state index in [0.29, 0.717) is 22.3 Å². The van der Waals surface area contributed by atoms with Crippen LogP contribution >= 0.6 is 23.5 Å². The van der Waals surface area contributed by atoms with Crippen LogP contribution in [0, 0.1) is 0 Å². The van der Waals surface area contributed by atoms with Gasteiger partial charge in [0, 0.05) is 33.8 Å². The molecule has 1 rings (SSSR count). The van der Waals surface area contributed by atoms with Gasteiger partial charge in [-0.25, -0.2) is 8.42 Å². The van der Waals surface area contributed by atoms with Crippen molar-refractivity contribution in [3.63, 3.8) is 0 Å². The van der Waals surface area contributed by atoms with Crippen LogP contribution in [0.25, 0.3) is 0 Å². The highest BCUT2D eigenvalue weighted by molar-refractivity contribution is 8.07. The molecule has 126 valence electrons. The largest absolute Gasteiger partial charge is 0.313 e. The van der Waals surface area contributed by atoms with Crippen LogP contribution in [-0.4, -0.2) is 54.5 Å². The summed E-state index contributed by atoms with van der Waals surface area (Å²) in [5.74, 6) is 3.09. The van der Waals surface area contributed by atoms with Gasteiger partial charge >= 0.3 is 0 Å². The van der Waals surface area contributed by atoms with Crippen molar-refractivity contribution in [3.8, 4) is 0 Å². The van der Waals surface area contributed by atoms with Crippen molar-refractivity contribution in [2.75, 3.05) is 29.6 Å². The number of nitrogens with one attached hydrogen (secondary N) is 1. The van der Waals surface area contributed by atoms with Crippen LogP contribution in [0.15, 0.2) is 0 Å². The molecule has 0 aromatic rings. The summed E-state index contributed by atoms with van der Waals surface area (Å²) in [6.07, 6.45) is 4.11. The molecule has 1 aliphatic heterocycles. The first-order chi connectivity index (χ1) is 10.0. The summed E-state index contributed by atoms with van der Waals surface area (Å²) >= 11 is 4.18. The van der Waals surface area contributed by atoms with Crippen molar-refractivity contribution in [1.29, 1.82) is 0 Å². The Morgan fingerprint density at radius 1 is 1.19 bits per heavy atom. The molecule has 21 heavy (non-hydrogen) atoms. The van der Waals surface area contributed by atoms with Gasteiger partial charge < -0.3 is 5.32 Å². The predicted octanol–water partition coefficient (Wildman–Crippen LogP) is 3.20. The summed E-state index contributed by atoms with van der Waals surface area (Å²) in [6, 6.07) is 0.458. The second-order valence-corrected chi connectivity index (χ2v) is 10.7. The monoisotopic (exact) mass is 353 g/mol. The van der Waals surface area contributed by atoms with Gasteiger partial charge in [-0.15, -0.1) is 0 Å². The zero-order chi connectivity index (χ0) is 15.7. The quantitative estimate of drug-likeness (QED) is 0.653. The van der Waals surface area contributed by atoms with Gasteiger partial charge in [-0.05, 0) is 32.2 Å². The van der Waals surface area contributed by atoms with Crippen LogP contribution < -0.4 is 5.32 Å². The van der Waals surface area contributed by atoms with E-state index >= 15 is 0 Å². The van der Waals surface area contributed by atoms with Crippen molar-refractivity contribution in [1.82, 2.24) is 5.32 Å². The van der Waals surface area contributed by atoms with Gasteiger partial charge in [0.2, 0.25) is 0 Å². The molecule has 0 aromatic carbocycles. The minimum atomic E-state index is -2.83. The molecule has 1 fully saturated rings. The zero-order valence-corrected chi connectivity index (χ0v) is 16.1. The lowest BCUT2D eigenvalue weighted by Gasteiger charge is -2.36. The lowest BCUT2D eigenvalue weighted by molar-refractivity contribution is 0.449. The van der Waals surface area contributed by atoms with E-state index < -0.39 is 9.84 Å². The molecule has 0 spiro atoms. The molecular formula is C15H31NO2S3. The van der Waals surface area contributed by atoms with Crippen molar-refractivity contribution in [3.05, 3.63) is 0 Å². The van der Waals surface area contributed by atoms with Gasteiger partial charge in [0.15, 0.2) is 0 Å². The zero-order valence-electron chi connectivity index (χ0n) is 13.6. The van der Waals surface area contributed by atoms with Crippen molar-refractivity contribution in [2.45, 2.75) is 63.0 Å². The van der Waals surface area contributed by atoms with Crippen molar-refractivity contribution in [2.24, 2.45) is 0 Å². The van der Waals surface area contributed by atoms with Crippen molar-refractivity contribution >= 4 is 33.4 Å². The third-order valence-electron chi connectivity index (χ3n) is 3.96. The Balaban J connectivity index is 2.57. The standard InChI is InChI=1S/C15H31NO2S3/c1-4-9-16-13(8-7-12-21(17,18)6-3)15-14(5-2)19-10-11-20-15/h13-16H,4-12H2,1-3H3. The van der Waals surface area contributed by atoms with Gasteiger partial charge in [0.1, 0.15) is 9.84 Å². The van der Waals surface area contributed by atoms with Crippen LogP contribution in [0.4, 0.5) is 0 Å². The molecule has 3 unspecified atom stereocenters. The molecule has 1 saturated heterocycles. The molecule has 0 bridgehead atoms. The lowest BCUT2D eigenvalue weighted by atomic mass is 10.0. The first-order valence-electron chi connectivity index (χ1n) is 8.21. The van der Waals surface area contributed by atoms with Gasteiger partial charge in [-0.3, -0.25) is 0 Å². The molecule has 6 heteroatoms. The molecule has 1 aliphatic rings. The SMILES string of the molecule is CCCNC(CCCS(=O)(=O)CC)C1SCCSC1CC. The van der Waals surface area contributed by atoms with Crippen LogP contribution in [0.2, 0.25) is 0 Å². The van der Waals surface area contributed by atoms with Crippen LogP contribution in [0.5, 0.6) is 0 Å². The summed E-state index contributed by atoms with van der Waals surface area (Å²) in [5.41, 5.74) is 0. The predicted molar refractivity (Wildman–Crippen MR) is 98.4 cm³/mol. The smallest absolute Gasteiger partial charge is 0.150 e. The number of thioether (sulfide) groups is 2. The molecule has 0 amide bonds. The molecule has 0 aromatic heterocycles. The average molecular weight is 354 g/mol. The fraction of sp³-hybridized carbons (Fsp3) is 1.00. The summed E-state index contributed by atoms with van der Waals surface area (Å²) in [6.45, 7) is 7.23. The highest BCUT2D eigenvalue weighted by Crippen LogP contribution is 2.36. The Kier molecular flexibility index (Phi) is 9.73. The maximum Gasteiger partial charge on any atom is 0.150 e. The summed E-state index contributed by atoms with van der Waals surface area (Å²) in [7, 11) is -2.83. The van der Waals surface area contributed by atoms with Crippen molar-refractivity contribution < 1.29 is 8.42 Å². The van der Waals surface area contributed by atoms with Crippen LogP contribution in [-0.2, 0) is 9.84 Å². The van der Waals surface area contributed by atoms with Gasteiger partial charge in [0.25, 0.3) is 0 Å². The van der Waals surface area contributed by atoms with E-state index in [1.54, 1.807) is 6.92 Å². The van der Waals surface area contributed by atoms with Gasteiger partial charge in [-0.1, -0.05) is 20.8 Å². The average Bonchev–Trinajstić information content (AvgIpc) is 2.50. The molecule has 1 N–H and O–H groups in total. The third kappa shape index (κ3) is 7.14. The Morgan fingerprint density at radius 3 is 2.52 bits per heavy atom. The van der Waals surface area contributed by atoms with Crippen LogP contribution in [0.1, 0.15) is 46.5 Å². The highest BCUT2D eigenvalue weighted by atomic mass is 32.2. The molecular weight excluding hydrogens is 322 g/mol. The maximum atomic E-state index is 11.7. The first-order valence-corrected chi connectivity index (χ1v) is 12.1. The van der Waals surface area contributed by atoms with E-state index in [9.17, 15) is 8.42 Å². The Hall–Kier alpha value is 0.610. The third-order valence-corrected chi connectivity index (χ3v) is 9.16. The van der Waals surface area contributed by atoms with E-state index in [4.69, 9.17) is 0 Å². The fourth-order valence-electron chi connectivity index (χ4n) is 2.69. The van der Waals surface area contributed by atoms with Gasteiger partial charge in [0.05, 0.1) is 5.75 Å². The molecule has 0 radical (unpaired) electrons. The number of hydrogen-bond acceptors (Lipinski definition) is 5. The summed E-state index contributed by atoms with van der Waals surface area (Å²) in [4.78, 5) is 0. The molecule has 3 atom stereocenters. The maximum absolute atomic E-state index is 11.7. The molecule has 3 nitrogen and oxygen atoms in total. The topological polar surface area (TPSA) is 46.2 Å². The fourth-order valence-corrected chi connectivity index (χ4v) is 6.89. The summed E-state index contributed by atoms with van der Waals surface area (Å²) in [5, 5.41) is 5.02. The van der Waals surface area contributed by atoms with E-state index in [2.05, 4.69) is 42.7 Å². The second-order valence-electron chi connectivity index (χ2n) is 5.59. The minimum Gasteiger partial charge on any atom is -0.313 e. The van der Waals surface area contributed by atoms with E-state index in [1.165, 1.54) is 17.9 Å². The van der Waals surface area contributed by atoms with Gasteiger partial charge in [-0.2, -0.15) is 23.5 Å². The number of hydrogen-bond donors (Lipinski definition) is 1. The summed E-state index contributed by atoms with van der Waals surface area (Å²) < 4.78 is 23.3. The first kappa shape index (κ1) is 19.7. The van der Waals surface area contributed by atoms with E-state index in [-0.39, 0.29) is 5.75 Å². The molecule has 1 heterocycles. The Bertz CT molecular complexity index is 373. The minimum absolute atomic E-state index is 0.270. The normalized spacial score (nSPS) is 24.9. The van der Waals surface area contributed by atoms with E-state index in [1.807, 2.05) is 0 Å². The molecule has 0 saturated carbocycles. The second kappa shape index (κ2) is 10.4. The number of rotatable bonds is 10. The Labute approximate surface area is 139 Å².